The molecular weight excluding hydrogens is 236 g/mol. The molecule has 1 aromatic carbocycles. The third-order valence-corrected chi connectivity index (χ3v) is 3.42. The number of pyridine rings is 1. The van der Waals surface area contributed by atoms with Gasteiger partial charge in [-0.05, 0) is 17.5 Å². The lowest BCUT2D eigenvalue weighted by molar-refractivity contribution is 0.146. The highest BCUT2D eigenvalue weighted by Gasteiger charge is 2.12. The Morgan fingerprint density at radius 1 is 1.21 bits per heavy atom. The van der Waals surface area contributed by atoms with Crippen LogP contribution < -0.4 is 5.32 Å². The van der Waals surface area contributed by atoms with E-state index in [1.807, 2.05) is 12.3 Å². The third-order valence-electron chi connectivity index (χ3n) is 3.42. The molecule has 3 nitrogen and oxygen atoms in total. The van der Waals surface area contributed by atoms with Gasteiger partial charge in [0, 0.05) is 31.3 Å². The summed E-state index contributed by atoms with van der Waals surface area (Å²) < 4.78 is 5.26. The summed E-state index contributed by atoms with van der Waals surface area (Å²) in [6.45, 7) is 5.96. The number of rotatable bonds is 6. The average molecular weight is 258 g/mol. The van der Waals surface area contributed by atoms with E-state index in [4.69, 9.17) is 4.74 Å². The number of hydrogen-bond donors (Lipinski definition) is 1. The molecule has 2 rings (SSSR count). The van der Waals surface area contributed by atoms with Crippen LogP contribution in [0.3, 0.4) is 0 Å². The van der Waals surface area contributed by atoms with Crippen molar-refractivity contribution in [3.63, 3.8) is 0 Å². The minimum Gasteiger partial charge on any atom is -0.383 e. The fourth-order valence-electron chi connectivity index (χ4n) is 2.22. The molecular formula is C16H22N2O. The van der Waals surface area contributed by atoms with E-state index in [0.717, 1.165) is 18.7 Å². The van der Waals surface area contributed by atoms with Crippen LogP contribution in [0, 0.1) is 5.92 Å². The van der Waals surface area contributed by atoms with Gasteiger partial charge >= 0.3 is 0 Å². The lowest BCUT2D eigenvalue weighted by atomic mass is 10.0. The van der Waals surface area contributed by atoms with Crippen molar-refractivity contribution in [1.82, 2.24) is 10.3 Å². The van der Waals surface area contributed by atoms with Gasteiger partial charge < -0.3 is 10.1 Å². The van der Waals surface area contributed by atoms with E-state index in [1.54, 1.807) is 7.11 Å². The average Bonchev–Trinajstić information content (AvgIpc) is 2.43. The highest BCUT2D eigenvalue weighted by atomic mass is 16.5. The van der Waals surface area contributed by atoms with Gasteiger partial charge in [-0.25, -0.2) is 0 Å². The number of fused-ring (bicyclic) bond motifs is 1. The second kappa shape index (κ2) is 6.64. The highest BCUT2D eigenvalue weighted by Crippen LogP contribution is 2.16. The van der Waals surface area contributed by atoms with Crippen molar-refractivity contribution < 1.29 is 4.74 Å². The zero-order valence-electron chi connectivity index (χ0n) is 11.9. The van der Waals surface area contributed by atoms with Crippen molar-refractivity contribution in [2.45, 2.75) is 26.4 Å². The summed E-state index contributed by atoms with van der Waals surface area (Å²) in [6.07, 6.45) is 1.85. The van der Waals surface area contributed by atoms with Crippen LogP contribution in [0.1, 0.15) is 19.4 Å². The molecule has 1 aromatic heterocycles. The molecule has 0 spiro atoms. The van der Waals surface area contributed by atoms with E-state index in [-0.39, 0.29) is 0 Å². The van der Waals surface area contributed by atoms with Crippen molar-refractivity contribution in [3.05, 3.63) is 42.1 Å². The van der Waals surface area contributed by atoms with Crippen LogP contribution >= 0.6 is 0 Å². The number of aromatic nitrogens is 1. The molecule has 0 aliphatic carbocycles. The second-order valence-electron chi connectivity index (χ2n) is 5.18. The first-order valence-electron chi connectivity index (χ1n) is 6.77. The van der Waals surface area contributed by atoms with Gasteiger partial charge in [-0.3, -0.25) is 4.98 Å². The quantitative estimate of drug-likeness (QED) is 0.865. The molecule has 0 fully saturated rings. The zero-order valence-corrected chi connectivity index (χ0v) is 11.9. The number of ether oxygens (including phenoxy) is 1. The predicted molar refractivity (Wildman–Crippen MR) is 79.1 cm³/mol. The molecule has 1 unspecified atom stereocenters. The summed E-state index contributed by atoms with van der Waals surface area (Å²) in [7, 11) is 1.75. The van der Waals surface area contributed by atoms with Crippen LogP contribution in [0.4, 0.5) is 0 Å². The third kappa shape index (κ3) is 3.52. The van der Waals surface area contributed by atoms with Crippen molar-refractivity contribution in [3.8, 4) is 0 Å². The molecule has 0 bridgehead atoms. The molecule has 0 radical (unpaired) electrons. The first-order valence-corrected chi connectivity index (χ1v) is 6.77. The van der Waals surface area contributed by atoms with Crippen LogP contribution in [0.2, 0.25) is 0 Å². The number of benzene rings is 1. The largest absolute Gasteiger partial charge is 0.383 e. The zero-order chi connectivity index (χ0) is 13.7. The maximum atomic E-state index is 5.26. The van der Waals surface area contributed by atoms with Gasteiger partial charge in [0.25, 0.3) is 0 Å². The Balaban J connectivity index is 2.13. The normalized spacial score (nSPS) is 13.1. The molecule has 0 saturated heterocycles. The Bertz CT molecular complexity index is 520. The van der Waals surface area contributed by atoms with Crippen molar-refractivity contribution in [1.29, 1.82) is 0 Å². The van der Waals surface area contributed by atoms with Gasteiger partial charge in [-0.15, -0.1) is 0 Å². The van der Waals surface area contributed by atoms with Crippen molar-refractivity contribution in [2.75, 3.05) is 13.7 Å². The Kier molecular flexibility index (Phi) is 4.88. The monoisotopic (exact) mass is 258 g/mol. The number of nitrogens with one attached hydrogen (secondary N) is 1. The van der Waals surface area contributed by atoms with Crippen molar-refractivity contribution >= 4 is 10.9 Å². The van der Waals surface area contributed by atoms with E-state index in [9.17, 15) is 0 Å². The summed E-state index contributed by atoms with van der Waals surface area (Å²) in [5, 5.41) is 4.75. The first-order chi connectivity index (χ1) is 9.22. The summed E-state index contributed by atoms with van der Waals surface area (Å²) in [5.74, 6) is 0.544. The number of nitrogens with zero attached hydrogens (tertiary/aromatic N) is 1. The summed E-state index contributed by atoms with van der Waals surface area (Å²) in [5.41, 5.74) is 2.32. The fourth-order valence-corrected chi connectivity index (χ4v) is 2.22. The highest BCUT2D eigenvalue weighted by molar-refractivity contribution is 5.81. The summed E-state index contributed by atoms with van der Waals surface area (Å²) >= 11 is 0. The van der Waals surface area contributed by atoms with E-state index in [0.29, 0.717) is 12.0 Å². The van der Waals surface area contributed by atoms with E-state index in [2.05, 4.69) is 48.4 Å². The molecule has 19 heavy (non-hydrogen) atoms. The molecule has 0 saturated carbocycles. The van der Waals surface area contributed by atoms with Gasteiger partial charge in [-0.1, -0.05) is 38.1 Å². The second-order valence-corrected chi connectivity index (χ2v) is 5.18. The van der Waals surface area contributed by atoms with Crippen LogP contribution in [0.25, 0.3) is 10.9 Å². The molecule has 3 heteroatoms. The molecule has 1 heterocycles. The topological polar surface area (TPSA) is 34.1 Å². The number of para-hydroxylation sites is 1. The van der Waals surface area contributed by atoms with Gasteiger partial charge in [0.2, 0.25) is 0 Å². The molecule has 102 valence electrons. The van der Waals surface area contributed by atoms with Gasteiger partial charge in [0.15, 0.2) is 0 Å². The number of hydrogen-bond acceptors (Lipinski definition) is 3. The lowest BCUT2D eigenvalue weighted by Crippen LogP contribution is -2.37. The molecule has 1 atom stereocenters. The minimum atomic E-state index is 0.365. The van der Waals surface area contributed by atoms with Crippen LogP contribution in [-0.2, 0) is 11.3 Å². The molecule has 2 aromatic rings. The van der Waals surface area contributed by atoms with Crippen LogP contribution in [-0.4, -0.2) is 24.7 Å². The molecule has 0 aliphatic heterocycles. The predicted octanol–water partition coefficient (Wildman–Crippen LogP) is 3.00. The molecule has 0 aliphatic rings. The van der Waals surface area contributed by atoms with Crippen molar-refractivity contribution in [2.24, 2.45) is 5.92 Å². The smallest absolute Gasteiger partial charge is 0.0746 e. The summed E-state index contributed by atoms with van der Waals surface area (Å²) in [4.78, 5) is 4.48. The van der Waals surface area contributed by atoms with Crippen LogP contribution in [0.15, 0.2) is 36.5 Å². The Hall–Kier alpha value is -1.45. The standard InChI is InChI=1S/C16H22N2O/c1-12(2)15(11-19-3)18-10-14-7-4-6-13-8-5-9-17-16(13)14/h4-9,12,15,18H,10-11H2,1-3H3. The van der Waals surface area contributed by atoms with Gasteiger partial charge in [-0.2, -0.15) is 0 Å². The van der Waals surface area contributed by atoms with E-state index < -0.39 is 0 Å². The van der Waals surface area contributed by atoms with E-state index >= 15 is 0 Å². The molecule has 0 amide bonds. The Labute approximate surface area is 115 Å². The summed E-state index contributed by atoms with van der Waals surface area (Å²) in [6, 6.07) is 10.8. The lowest BCUT2D eigenvalue weighted by Gasteiger charge is -2.21. The fraction of sp³-hybridized carbons (Fsp3) is 0.438. The first kappa shape index (κ1) is 14.0. The number of methoxy groups -OCH3 is 1. The Morgan fingerprint density at radius 2 is 2.00 bits per heavy atom. The SMILES string of the molecule is COCC(NCc1cccc2cccnc12)C(C)C. The van der Waals surface area contributed by atoms with Crippen LogP contribution in [0.5, 0.6) is 0 Å². The van der Waals surface area contributed by atoms with Gasteiger partial charge in [0.05, 0.1) is 12.1 Å². The molecule has 1 N–H and O–H groups in total. The minimum absolute atomic E-state index is 0.365. The Morgan fingerprint density at radius 3 is 2.74 bits per heavy atom. The maximum Gasteiger partial charge on any atom is 0.0746 e. The van der Waals surface area contributed by atoms with E-state index in [1.165, 1.54) is 10.9 Å². The maximum absolute atomic E-state index is 5.26. The van der Waals surface area contributed by atoms with Gasteiger partial charge in [0.1, 0.15) is 0 Å².